The molecule has 0 spiro atoms. The predicted octanol–water partition coefficient (Wildman–Crippen LogP) is 3.02. The Morgan fingerprint density at radius 1 is 1.38 bits per heavy atom. The largest absolute Gasteiger partial charge is 0.361 e. The van der Waals surface area contributed by atoms with Gasteiger partial charge in [0.15, 0.2) is 0 Å². The van der Waals surface area contributed by atoms with E-state index in [2.05, 4.69) is 15.5 Å². The molecule has 0 saturated carbocycles. The lowest BCUT2D eigenvalue weighted by Crippen LogP contribution is -2.29. The maximum atomic E-state index is 12.4. The van der Waals surface area contributed by atoms with Crippen LogP contribution in [-0.2, 0) is 11.8 Å². The fourth-order valence-corrected chi connectivity index (χ4v) is 2.71. The van der Waals surface area contributed by atoms with E-state index < -0.39 is 0 Å². The van der Waals surface area contributed by atoms with Crippen molar-refractivity contribution in [2.45, 2.75) is 46.5 Å². The Morgan fingerprint density at radius 2 is 2.10 bits per heavy atom. The van der Waals surface area contributed by atoms with Crippen molar-refractivity contribution in [1.29, 1.82) is 0 Å². The molecule has 1 amide bonds. The van der Waals surface area contributed by atoms with Crippen LogP contribution in [0.4, 0.5) is 0 Å². The average Bonchev–Trinajstić information content (AvgIpc) is 2.95. The van der Waals surface area contributed by atoms with Crippen molar-refractivity contribution in [2.24, 2.45) is 0 Å². The predicted molar refractivity (Wildman–Crippen MR) is 82.8 cm³/mol. The summed E-state index contributed by atoms with van der Waals surface area (Å²) in [6.07, 6.45) is 0.727. The van der Waals surface area contributed by atoms with Crippen molar-refractivity contribution in [3.05, 3.63) is 33.1 Å². The Balaban J connectivity index is 2.02. The molecule has 0 unspecified atom stereocenters. The maximum absolute atomic E-state index is 12.4. The summed E-state index contributed by atoms with van der Waals surface area (Å²) in [6.45, 7) is 10.3. The van der Waals surface area contributed by atoms with Crippen molar-refractivity contribution < 1.29 is 9.32 Å². The van der Waals surface area contributed by atoms with Crippen molar-refractivity contribution in [2.75, 3.05) is 6.54 Å². The number of aromatic nitrogens is 2. The Hall–Kier alpha value is -1.69. The van der Waals surface area contributed by atoms with Gasteiger partial charge in [-0.1, -0.05) is 25.9 Å². The number of carbonyl (C=O) groups excluding carboxylic acids is 1. The molecule has 0 fully saturated rings. The fraction of sp³-hybridized carbons (Fsp3) is 0.533. The van der Waals surface area contributed by atoms with Gasteiger partial charge in [0.05, 0.1) is 10.7 Å². The number of aryl methyl sites for hydroxylation is 2. The number of hydrogen-bond acceptors (Lipinski definition) is 5. The van der Waals surface area contributed by atoms with Crippen molar-refractivity contribution in [1.82, 2.24) is 15.5 Å². The standard InChI is InChI=1S/C15H21N3O2S/c1-9-12(13(18-20-9)15(3,4)5)14(19)16-7-6-11-8-21-10(2)17-11/h8H,6-7H2,1-5H3,(H,16,19). The highest BCUT2D eigenvalue weighted by Gasteiger charge is 2.28. The van der Waals surface area contributed by atoms with Gasteiger partial charge in [-0.25, -0.2) is 4.98 Å². The van der Waals surface area contributed by atoms with Gasteiger partial charge in [0, 0.05) is 23.8 Å². The Labute approximate surface area is 128 Å². The van der Waals surface area contributed by atoms with Crippen LogP contribution in [0.2, 0.25) is 0 Å². The summed E-state index contributed by atoms with van der Waals surface area (Å²) in [5.74, 6) is 0.424. The zero-order valence-corrected chi connectivity index (χ0v) is 13.9. The Bertz CT molecular complexity index is 638. The lowest BCUT2D eigenvalue weighted by atomic mass is 9.88. The Kier molecular flexibility index (Phi) is 4.46. The van der Waals surface area contributed by atoms with Crippen LogP contribution in [0.25, 0.3) is 0 Å². The van der Waals surface area contributed by atoms with E-state index >= 15 is 0 Å². The van der Waals surface area contributed by atoms with Crippen molar-refractivity contribution in [3.63, 3.8) is 0 Å². The first-order valence-electron chi connectivity index (χ1n) is 6.95. The normalized spacial score (nSPS) is 11.7. The summed E-state index contributed by atoms with van der Waals surface area (Å²) in [5.41, 5.74) is 2.03. The highest BCUT2D eigenvalue weighted by atomic mass is 32.1. The molecule has 0 aliphatic carbocycles. The van der Waals surface area contributed by atoms with E-state index in [-0.39, 0.29) is 11.3 Å². The van der Waals surface area contributed by atoms with E-state index in [9.17, 15) is 4.79 Å². The quantitative estimate of drug-likeness (QED) is 0.942. The van der Waals surface area contributed by atoms with Crippen LogP contribution >= 0.6 is 11.3 Å². The topological polar surface area (TPSA) is 68.0 Å². The van der Waals surface area contributed by atoms with Crippen LogP contribution in [0.5, 0.6) is 0 Å². The molecule has 0 bridgehead atoms. The van der Waals surface area contributed by atoms with Gasteiger partial charge < -0.3 is 9.84 Å². The SMILES string of the molecule is Cc1nc(CCNC(=O)c2c(C(C)(C)C)noc2C)cs1. The highest BCUT2D eigenvalue weighted by molar-refractivity contribution is 7.09. The number of hydrogen-bond donors (Lipinski definition) is 1. The summed E-state index contributed by atoms with van der Waals surface area (Å²) in [5, 5.41) is 10.0. The van der Waals surface area contributed by atoms with E-state index in [1.54, 1.807) is 18.3 Å². The lowest BCUT2D eigenvalue weighted by Gasteiger charge is -2.16. The first-order chi connectivity index (χ1) is 9.79. The minimum absolute atomic E-state index is 0.134. The molecule has 0 atom stereocenters. The number of carbonyl (C=O) groups is 1. The Morgan fingerprint density at radius 3 is 2.67 bits per heavy atom. The second-order valence-corrected chi connectivity index (χ2v) is 7.14. The van der Waals surface area contributed by atoms with E-state index in [4.69, 9.17) is 4.52 Å². The molecule has 2 aromatic rings. The smallest absolute Gasteiger partial charge is 0.256 e. The molecule has 2 rings (SSSR count). The molecule has 0 aliphatic heterocycles. The van der Waals surface area contributed by atoms with Crippen LogP contribution in [-0.4, -0.2) is 22.6 Å². The van der Waals surface area contributed by atoms with Crippen LogP contribution in [0.15, 0.2) is 9.90 Å². The minimum atomic E-state index is -0.226. The van der Waals surface area contributed by atoms with Crippen molar-refractivity contribution in [3.8, 4) is 0 Å². The monoisotopic (exact) mass is 307 g/mol. The van der Waals surface area contributed by atoms with Gasteiger partial charge in [0.1, 0.15) is 17.0 Å². The molecule has 114 valence electrons. The summed E-state index contributed by atoms with van der Waals surface area (Å²) in [4.78, 5) is 16.7. The van der Waals surface area contributed by atoms with Crippen LogP contribution in [0.3, 0.4) is 0 Å². The molecule has 5 nitrogen and oxygen atoms in total. The zero-order valence-electron chi connectivity index (χ0n) is 13.1. The van der Waals surface area contributed by atoms with E-state index in [1.165, 1.54) is 0 Å². The van der Waals surface area contributed by atoms with Gasteiger partial charge in [0.25, 0.3) is 5.91 Å². The van der Waals surface area contributed by atoms with E-state index in [0.29, 0.717) is 23.6 Å². The number of amides is 1. The molecule has 0 aromatic carbocycles. The molecule has 0 saturated heterocycles. The van der Waals surface area contributed by atoms with Gasteiger partial charge in [-0.2, -0.15) is 0 Å². The summed E-state index contributed by atoms with van der Waals surface area (Å²) >= 11 is 1.62. The number of thiazole rings is 1. The first kappa shape index (κ1) is 15.7. The molecular formula is C15H21N3O2S. The maximum Gasteiger partial charge on any atom is 0.256 e. The third kappa shape index (κ3) is 3.69. The molecule has 2 heterocycles. The van der Waals surface area contributed by atoms with E-state index in [0.717, 1.165) is 17.1 Å². The van der Waals surface area contributed by atoms with E-state index in [1.807, 2.05) is 33.1 Å². The molecule has 1 N–H and O–H groups in total. The molecule has 6 heteroatoms. The third-order valence-electron chi connectivity index (χ3n) is 3.13. The van der Waals surface area contributed by atoms with Crippen LogP contribution in [0, 0.1) is 13.8 Å². The fourth-order valence-electron chi connectivity index (χ4n) is 2.07. The van der Waals surface area contributed by atoms with Gasteiger partial charge >= 0.3 is 0 Å². The van der Waals surface area contributed by atoms with Gasteiger partial charge in [-0.05, 0) is 13.8 Å². The van der Waals surface area contributed by atoms with Gasteiger partial charge in [-0.15, -0.1) is 11.3 Å². The number of rotatable bonds is 4. The van der Waals surface area contributed by atoms with Gasteiger partial charge in [-0.3, -0.25) is 4.79 Å². The molecule has 0 radical (unpaired) electrons. The first-order valence-corrected chi connectivity index (χ1v) is 7.83. The highest BCUT2D eigenvalue weighted by Crippen LogP contribution is 2.26. The summed E-state index contributed by atoms with van der Waals surface area (Å²) in [6, 6.07) is 0. The minimum Gasteiger partial charge on any atom is -0.361 e. The molecule has 21 heavy (non-hydrogen) atoms. The van der Waals surface area contributed by atoms with Gasteiger partial charge in [0.2, 0.25) is 0 Å². The lowest BCUT2D eigenvalue weighted by molar-refractivity contribution is 0.0950. The molecular weight excluding hydrogens is 286 g/mol. The molecule has 0 aliphatic rings. The molecule has 2 aromatic heterocycles. The summed E-state index contributed by atoms with van der Waals surface area (Å²) in [7, 11) is 0. The second kappa shape index (κ2) is 5.97. The zero-order chi connectivity index (χ0) is 15.6. The number of nitrogens with one attached hydrogen (secondary N) is 1. The second-order valence-electron chi connectivity index (χ2n) is 6.08. The average molecular weight is 307 g/mol. The van der Waals surface area contributed by atoms with Crippen LogP contribution in [0.1, 0.15) is 53.3 Å². The number of nitrogens with zero attached hydrogens (tertiary/aromatic N) is 2. The summed E-state index contributed by atoms with van der Waals surface area (Å²) < 4.78 is 5.19. The van der Waals surface area contributed by atoms with Crippen molar-refractivity contribution >= 4 is 17.2 Å². The third-order valence-corrected chi connectivity index (χ3v) is 3.96. The van der Waals surface area contributed by atoms with Crippen LogP contribution < -0.4 is 5.32 Å².